The van der Waals surface area contributed by atoms with Crippen molar-refractivity contribution < 1.29 is 4.79 Å². The monoisotopic (exact) mass is 426 g/mol. The van der Waals surface area contributed by atoms with Crippen LogP contribution in [0.3, 0.4) is 0 Å². The molecule has 3 aromatic rings. The zero-order valence-corrected chi connectivity index (χ0v) is 18.0. The minimum absolute atomic E-state index is 0.0307. The molecule has 0 radical (unpaired) electrons. The fraction of sp³-hybridized carbons (Fsp3) is 0.208. The fourth-order valence-electron chi connectivity index (χ4n) is 3.26. The van der Waals surface area contributed by atoms with E-state index in [2.05, 4.69) is 36.2 Å². The van der Waals surface area contributed by atoms with Gasteiger partial charge in [-0.3, -0.25) is 4.79 Å². The van der Waals surface area contributed by atoms with E-state index in [1.165, 1.54) is 0 Å². The number of Topliss-reactive ketones (excluding diaryl/α,β-unsaturated/α-hetero) is 1. The van der Waals surface area contributed by atoms with Crippen molar-refractivity contribution in [2.45, 2.75) is 19.9 Å². The van der Waals surface area contributed by atoms with Crippen LogP contribution in [0.25, 0.3) is 0 Å². The average Bonchev–Trinajstić information content (AvgIpc) is 2.75. The summed E-state index contributed by atoms with van der Waals surface area (Å²) in [5.41, 5.74) is 3.49. The lowest BCUT2D eigenvalue weighted by molar-refractivity contribution is 0.0969. The molecule has 3 rings (SSSR count). The first-order valence-electron chi connectivity index (χ1n) is 9.68. The first-order chi connectivity index (χ1) is 14.0. The van der Waals surface area contributed by atoms with Crippen LogP contribution in [0, 0.1) is 0 Å². The standard InChI is InChI=1S/C24H24Cl2N2O/c1-3-28(4-2)22-15-13-21(14-16-22)27-23(17-5-9-19(25)10-6-17)24(29)18-7-11-20(26)12-8-18/h5-16,23,27H,3-4H2,1-2H3/t23-/m0/s1. The molecule has 0 unspecified atom stereocenters. The van der Waals surface area contributed by atoms with Gasteiger partial charge in [0.1, 0.15) is 6.04 Å². The van der Waals surface area contributed by atoms with Crippen LogP contribution in [-0.2, 0) is 0 Å². The number of benzene rings is 3. The summed E-state index contributed by atoms with van der Waals surface area (Å²) in [5, 5.41) is 4.62. The Morgan fingerprint density at radius 3 is 1.86 bits per heavy atom. The van der Waals surface area contributed by atoms with E-state index in [0.29, 0.717) is 15.6 Å². The summed E-state index contributed by atoms with van der Waals surface area (Å²) < 4.78 is 0. The van der Waals surface area contributed by atoms with E-state index in [-0.39, 0.29) is 5.78 Å². The highest BCUT2D eigenvalue weighted by Gasteiger charge is 2.22. The highest BCUT2D eigenvalue weighted by molar-refractivity contribution is 6.31. The minimum atomic E-state index is -0.534. The van der Waals surface area contributed by atoms with Gasteiger partial charge in [0.05, 0.1) is 0 Å². The second kappa shape index (κ2) is 9.82. The molecule has 29 heavy (non-hydrogen) atoms. The third-order valence-corrected chi connectivity index (χ3v) is 5.41. The number of hydrogen-bond acceptors (Lipinski definition) is 3. The Hall–Kier alpha value is -2.49. The smallest absolute Gasteiger partial charge is 0.189 e. The van der Waals surface area contributed by atoms with Gasteiger partial charge in [-0.25, -0.2) is 0 Å². The van der Waals surface area contributed by atoms with Crippen molar-refractivity contribution in [1.29, 1.82) is 0 Å². The maximum atomic E-state index is 13.3. The maximum Gasteiger partial charge on any atom is 0.189 e. The van der Waals surface area contributed by atoms with Gasteiger partial charge < -0.3 is 10.2 Å². The van der Waals surface area contributed by atoms with Crippen molar-refractivity contribution in [2.75, 3.05) is 23.3 Å². The van der Waals surface area contributed by atoms with E-state index in [9.17, 15) is 4.79 Å². The Labute approximate surface area is 182 Å². The quantitative estimate of drug-likeness (QED) is 0.398. The maximum absolute atomic E-state index is 13.3. The fourth-order valence-corrected chi connectivity index (χ4v) is 3.51. The number of nitrogens with one attached hydrogen (secondary N) is 1. The van der Waals surface area contributed by atoms with E-state index in [1.54, 1.807) is 36.4 Å². The van der Waals surface area contributed by atoms with E-state index in [1.807, 2.05) is 24.3 Å². The molecule has 150 valence electrons. The molecule has 3 nitrogen and oxygen atoms in total. The van der Waals surface area contributed by atoms with Crippen molar-refractivity contribution in [3.05, 3.63) is 94.0 Å². The van der Waals surface area contributed by atoms with Crippen molar-refractivity contribution in [1.82, 2.24) is 0 Å². The number of nitrogens with zero attached hydrogens (tertiary/aromatic N) is 1. The summed E-state index contributed by atoms with van der Waals surface area (Å²) in [7, 11) is 0. The van der Waals surface area contributed by atoms with Gasteiger partial charge in [0, 0.05) is 40.1 Å². The number of rotatable bonds is 8. The first-order valence-corrected chi connectivity index (χ1v) is 10.4. The van der Waals surface area contributed by atoms with Gasteiger partial charge in [-0.1, -0.05) is 35.3 Å². The Morgan fingerprint density at radius 1 is 0.828 bits per heavy atom. The van der Waals surface area contributed by atoms with Crippen molar-refractivity contribution in [3.8, 4) is 0 Å². The SMILES string of the molecule is CCN(CC)c1ccc(N[C@H](C(=O)c2ccc(Cl)cc2)c2ccc(Cl)cc2)cc1. The number of carbonyl (C=O) groups excluding carboxylic acids is 1. The molecular weight excluding hydrogens is 403 g/mol. The number of ketones is 1. The van der Waals surface area contributed by atoms with Crippen LogP contribution in [0.2, 0.25) is 10.0 Å². The van der Waals surface area contributed by atoms with Gasteiger partial charge in [-0.05, 0) is 80.1 Å². The number of halogens is 2. The predicted molar refractivity (Wildman–Crippen MR) is 124 cm³/mol. The van der Waals surface area contributed by atoms with Crippen LogP contribution in [0.5, 0.6) is 0 Å². The normalized spacial score (nSPS) is 11.7. The zero-order chi connectivity index (χ0) is 20.8. The van der Waals surface area contributed by atoms with Crippen LogP contribution < -0.4 is 10.2 Å². The lowest BCUT2D eigenvalue weighted by Crippen LogP contribution is -2.22. The molecule has 1 N–H and O–H groups in total. The van der Waals surface area contributed by atoms with Crippen LogP contribution >= 0.6 is 23.2 Å². The van der Waals surface area contributed by atoms with Gasteiger partial charge >= 0.3 is 0 Å². The Kier molecular flexibility index (Phi) is 7.18. The number of carbonyl (C=O) groups is 1. The molecular formula is C24H24Cl2N2O. The summed E-state index contributed by atoms with van der Waals surface area (Å²) in [6.45, 7) is 6.17. The molecule has 0 bridgehead atoms. The minimum Gasteiger partial charge on any atom is -0.372 e. The van der Waals surface area contributed by atoms with E-state index in [4.69, 9.17) is 23.2 Å². The second-order valence-electron chi connectivity index (χ2n) is 6.72. The van der Waals surface area contributed by atoms with E-state index < -0.39 is 6.04 Å². The zero-order valence-electron chi connectivity index (χ0n) is 16.5. The van der Waals surface area contributed by atoms with Crippen LogP contribution in [0.15, 0.2) is 72.8 Å². The summed E-state index contributed by atoms with van der Waals surface area (Å²) in [6.07, 6.45) is 0. The third kappa shape index (κ3) is 5.31. The lowest BCUT2D eigenvalue weighted by atomic mass is 9.97. The average molecular weight is 427 g/mol. The molecule has 0 aliphatic heterocycles. The number of anilines is 2. The molecule has 5 heteroatoms. The number of hydrogen-bond donors (Lipinski definition) is 1. The van der Waals surface area contributed by atoms with Crippen LogP contribution in [0.1, 0.15) is 35.8 Å². The van der Waals surface area contributed by atoms with Gasteiger partial charge in [0.2, 0.25) is 0 Å². The molecule has 0 saturated carbocycles. The summed E-state index contributed by atoms with van der Waals surface area (Å²) in [4.78, 5) is 15.5. The highest BCUT2D eigenvalue weighted by Crippen LogP contribution is 2.27. The molecule has 0 aliphatic carbocycles. The third-order valence-electron chi connectivity index (χ3n) is 4.90. The molecule has 0 amide bonds. The Bertz CT molecular complexity index is 934. The Morgan fingerprint density at radius 2 is 1.34 bits per heavy atom. The molecule has 1 atom stereocenters. The van der Waals surface area contributed by atoms with Gasteiger partial charge in [-0.2, -0.15) is 0 Å². The molecule has 0 heterocycles. The lowest BCUT2D eigenvalue weighted by Gasteiger charge is -2.23. The van der Waals surface area contributed by atoms with Crippen molar-refractivity contribution in [3.63, 3.8) is 0 Å². The first kappa shape index (κ1) is 21.2. The van der Waals surface area contributed by atoms with Crippen LogP contribution in [0.4, 0.5) is 11.4 Å². The molecule has 3 aromatic carbocycles. The highest BCUT2D eigenvalue weighted by atomic mass is 35.5. The molecule has 0 aromatic heterocycles. The molecule has 0 saturated heterocycles. The van der Waals surface area contributed by atoms with Gasteiger partial charge in [0.15, 0.2) is 5.78 Å². The van der Waals surface area contributed by atoms with Gasteiger partial charge in [0.25, 0.3) is 0 Å². The summed E-state index contributed by atoms with van der Waals surface area (Å²) in [5.74, 6) is -0.0307. The topological polar surface area (TPSA) is 32.3 Å². The van der Waals surface area contributed by atoms with Gasteiger partial charge in [-0.15, -0.1) is 0 Å². The van der Waals surface area contributed by atoms with Crippen molar-refractivity contribution in [2.24, 2.45) is 0 Å². The predicted octanol–water partition coefficient (Wildman–Crippen LogP) is 6.88. The molecule has 0 spiro atoms. The van der Waals surface area contributed by atoms with Crippen LogP contribution in [-0.4, -0.2) is 18.9 Å². The summed E-state index contributed by atoms with van der Waals surface area (Å²) >= 11 is 12.0. The second-order valence-corrected chi connectivity index (χ2v) is 7.59. The Balaban J connectivity index is 1.90. The molecule has 0 fully saturated rings. The van der Waals surface area contributed by atoms with E-state index >= 15 is 0 Å². The largest absolute Gasteiger partial charge is 0.372 e. The summed E-state index contributed by atoms with van der Waals surface area (Å²) in [6, 6.07) is 21.9. The molecule has 0 aliphatic rings. The van der Waals surface area contributed by atoms with E-state index in [0.717, 1.165) is 30.0 Å². The van der Waals surface area contributed by atoms with Crippen molar-refractivity contribution >= 4 is 40.4 Å².